The van der Waals surface area contributed by atoms with Crippen LogP contribution in [0.5, 0.6) is 0 Å². The van der Waals surface area contributed by atoms with Crippen LogP contribution < -0.4 is 5.32 Å². The molecule has 2 amide bonds. The summed E-state index contributed by atoms with van der Waals surface area (Å²) in [5.74, 6) is 0.218. The van der Waals surface area contributed by atoms with E-state index in [-0.39, 0.29) is 23.3 Å². The van der Waals surface area contributed by atoms with E-state index in [1.807, 2.05) is 52.9 Å². The summed E-state index contributed by atoms with van der Waals surface area (Å²) < 4.78 is 1.87. The molecule has 1 atom stereocenters. The maximum atomic E-state index is 12.6. The molecule has 1 aromatic heterocycles. The quantitative estimate of drug-likeness (QED) is 0.902. The Morgan fingerprint density at radius 3 is 2.63 bits per heavy atom. The van der Waals surface area contributed by atoms with E-state index in [9.17, 15) is 9.59 Å². The summed E-state index contributed by atoms with van der Waals surface area (Å²) in [4.78, 5) is 27.0. The van der Waals surface area contributed by atoms with Gasteiger partial charge in [-0.1, -0.05) is 30.3 Å². The van der Waals surface area contributed by atoms with Crippen LogP contribution in [0.15, 0.2) is 42.6 Å². The molecule has 3 heterocycles. The van der Waals surface area contributed by atoms with Crippen LogP contribution in [0.1, 0.15) is 42.9 Å². The van der Waals surface area contributed by atoms with Crippen molar-refractivity contribution in [3.05, 3.63) is 53.9 Å². The number of nitrogens with zero attached hydrogens (tertiary/aromatic N) is 3. The lowest BCUT2D eigenvalue weighted by atomic mass is 9.82. The Morgan fingerprint density at radius 2 is 1.96 bits per heavy atom. The van der Waals surface area contributed by atoms with Gasteiger partial charge >= 0.3 is 0 Å². The highest BCUT2D eigenvalue weighted by atomic mass is 16.2. The van der Waals surface area contributed by atoms with Gasteiger partial charge in [-0.25, -0.2) is 0 Å². The van der Waals surface area contributed by atoms with Crippen molar-refractivity contribution in [2.45, 2.75) is 50.6 Å². The first kappa shape index (κ1) is 17.8. The van der Waals surface area contributed by atoms with Gasteiger partial charge in [-0.05, 0) is 37.8 Å². The van der Waals surface area contributed by atoms with Crippen LogP contribution in [0.3, 0.4) is 0 Å². The summed E-state index contributed by atoms with van der Waals surface area (Å²) in [5, 5.41) is 7.48. The minimum atomic E-state index is -0.160. The Hall–Kier alpha value is -2.63. The molecule has 0 radical (unpaired) electrons. The first-order valence-corrected chi connectivity index (χ1v) is 9.69. The van der Waals surface area contributed by atoms with E-state index < -0.39 is 0 Å². The normalized spacial score (nSPS) is 21.4. The summed E-state index contributed by atoms with van der Waals surface area (Å²) in [5.41, 5.74) is 1.99. The fourth-order valence-electron chi connectivity index (χ4n) is 4.34. The molecule has 0 aliphatic carbocycles. The molecule has 6 nitrogen and oxygen atoms in total. The highest BCUT2D eigenvalue weighted by molar-refractivity contribution is 5.87. The van der Waals surface area contributed by atoms with Gasteiger partial charge in [-0.15, -0.1) is 0 Å². The molecule has 27 heavy (non-hydrogen) atoms. The van der Waals surface area contributed by atoms with Crippen molar-refractivity contribution in [3.8, 4) is 0 Å². The third-order valence-corrected chi connectivity index (χ3v) is 6.04. The van der Waals surface area contributed by atoms with Crippen LogP contribution in [0.4, 0.5) is 0 Å². The van der Waals surface area contributed by atoms with Gasteiger partial charge in [0.1, 0.15) is 0 Å². The highest BCUT2D eigenvalue weighted by Gasteiger charge is 2.46. The number of carbonyl (C=O) groups is 2. The molecule has 2 aliphatic heterocycles. The predicted octanol–water partition coefficient (Wildman–Crippen LogP) is 2.25. The van der Waals surface area contributed by atoms with Crippen LogP contribution in [0.2, 0.25) is 0 Å². The molecule has 0 unspecified atom stereocenters. The maximum Gasteiger partial charge on any atom is 0.228 e. The van der Waals surface area contributed by atoms with Gasteiger partial charge in [0.2, 0.25) is 11.8 Å². The van der Waals surface area contributed by atoms with Crippen molar-refractivity contribution in [2.75, 3.05) is 13.1 Å². The molecular formula is C21H26N4O2. The van der Waals surface area contributed by atoms with Crippen molar-refractivity contribution in [1.82, 2.24) is 20.0 Å². The molecular weight excluding hydrogens is 340 g/mol. The van der Waals surface area contributed by atoms with E-state index in [4.69, 9.17) is 0 Å². The zero-order valence-corrected chi connectivity index (χ0v) is 15.7. The second kappa shape index (κ2) is 7.18. The van der Waals surface area contributed by atoms with Gasteiger partial charge in [0.25, 0.3) is 0 Å². The fourth-order valence-corrected chi connectivity index (χ4v) is 4.34. The molecule has 142 valence electrons. The molecule has 1 spiro atoms. The fraction of sp³-hybridized carbons (Fsp3) is 0.476. The Bertz CT molecular complexity index is 822. The number of piperidine rings is 1. The van der Waals surface area contributed by atoms with Crippen molar-refractivity contribution in [3.63, 3.8) is 0 Å². The molecule has 1 N–H and O–H groups in total. The van der Waals surface area contributed by atoms with Crippen LogP contribution in [0.25, 0.3) is 0 Å². The Balaban J connectivity index is 1.33. The first-order valence-electron chi connectivity index (χ1n) is 9.69. The number of rotatable bonds is 4. The largest absolute Gasteiger partial charge is 0.350 e. The second-order valence-electron chi connectivity index (χ2n) is 7.76. The zero-order chi connectivity index (χ0) is 18.9. The molecule has 2 saturated heterocycles. The Morgan fingerprint density at radius 1 is 1.22 bits per heavy atom. The van der Waals surface area contributed by atoms with Crippen LogP contribution in [-0.2, 0) is 16.1 Å². The minimum Gasteiger partial charge on any atom is -0.350 e. The number of amides is 2. The van der Waals surface area contributed by atoms with Crippen molar-refractivity contribution in [2.24, 2.45) is 0 Å². The molecule has 0 saturated carbocycles. The number of aromatic nitrogens is 2. The first-order chi connectivity index (χ1) is 13.1. The average molecular weight is 366 g/mol. The second-order valence-corrected chi connectivity index (χ2v) is 7.76. The third-order valence-electron chi connectivity index (χ3n) is 6.04. The lowest BCUT2D eigenvalue weighted by Crippen LogP contribution is -2.52. The SMILES string of the molecule is Cc1ccnn1CCC(=O)N1CCC2(CC1)C[C@H](c1ccccc1)C(=O)N2. The number of benzene rings is 1. The number of carbonyl (C=O) groups excluding carboxylic acids is 2. The molecule has 6 heteroatoms. The van der Waals surface area contributed by atoms with E-state index in [1.165, 1.54) is 0 Å². The summed E-state index contributed by atoms with van der Waals surface area (Å²) in [7, 11) is 0. The number of aryl methyl sites for hydroxylation is 2. The molecule has 1 aromatic carbocycles. The van der Waals surface area contributed by atoms with Gasteiger partial charge < -0.3 is 10.2 Å². The van der Waals surface area contributed by atoms with Crippen molar-refractivity contribution in [1.29, 1.82) is 0 Å². The molecule has 2 aliphatic rings. The number of nitrogens with one attached hydrogen (secondary N) is 1. The van der Waals surface area contributed by atoms with Crippen molar-refractivity contribution < 1.29 is 9.59 Å². The van der Waals surface area contributed by atoms with Gasteiger partial charge in [-0.3, -0.25) is 14.3 Å². The van der Waals surface area contributed by atoms with Gasteiger partial charge in [0, 0.05) is 43.5 Å². The average Bonchev–Trinajstić information content (AvgIpc) is 3.24. The summed E-state index contributed by atoms with van der Waals surface area (Å²) in [6.07, 6.45) is 4.71. The molecule has 2 aromatic rings. The van der Waals surface area contributed by atoms with Crippen LogP contribution in [0, 0.1) is 6.92 Å². The topological polar surface area (TPSA) is 67.2 Å². The van der Waals surface area contributed by atoms with Crippen molar-refractivity contribution >= 4 is 11.8 Å². The summed E-state index contributed by atoms with van der Waals surface area (Å²) >= 11 is 0. The minimum absolute atomic E-state index is 0.0729. The molecule has 4 rings (SSSR count). The summed E-state index contributed by atoms with van der Waals surface area (Å²) in [6, 6.07) is 11.9. The standard InChI is InChI=1S/C21H26N4O2/c1-16-7-11-22-25(16)12-8-19(26)24-13-9-21(10-14-24)15-18(20(27)23-21)17-5-3-2-4-6-17/h2-7,11,18H,8-10,12-15H2,1H3,(H,23,27)/t18-/m1/s1. The lowest BCUT2D eigenvalue weighted by Gasteiger charge is -2.39. The Labute approximate surface area is 159 Å². The molecule has 0 bridgehead atoms. The van der Waals surface area contributed by atoms with E-state index in [2.05, 4.69) is 10.4 Å². The van der Waals surface area contributed by atoms with E-state index >= 15 is 0 Å². The zero-order valence-electron chi connectivity index (χ0n) is 15.7. The number of hydrogen-bond donors (Lipinski definition) is 1. The lowest BCUT2D eigenvalue weighted by molar-refractivity contribution is -0.133. The number of hydrogen-bond acceptors (Lipinski definition) is 3. The smallest absolute Gasteiger partial charge is 0.228 e. The van der Waals surface area contributed by atoms with Gasteiger partial charge in [0.15, 0.2) is 0 Å². The van der Waals surface area contributed by atoms with Crippen LogP contribution >= 0.6 is 0 Å². The van der Waals surface area contributed by atoms with Crippen LogP contribution in [-0.4, -0.2) is 45.1 Å². The van der Waals surface area contributed by atoms with Gasteiger partial charge in [-0.2, -0.15) is 5.10 Å². The van der Waals surface area contributed by atoms with E-state index in [0.29, 0.717) is 26.1 Å². The predicted molar refractivity (Wildman–Crippen MR) is 102 cm³/mol. The third kappa shape index (κ3) is 3.61. The summed E-state index contributed by atoms with van der Waals surface area (Å²) in [6.45, 7) is 4.03. The monoisotopic (exact) mass is 366 g/mol. The van der Waals surface area contributed by atoms with E-state index in [1.54, 1.807) is 6.20 Å². The maximum absolute atomic E-state index is 12.6. The van der Waals surface area contributed by atoms with E-state index in [0.717, 1.165) is 30.5 Å². The highest BCUT2D eigenvalue weighted by Crippen LogP contribution is 2.39. The molecule has 2 fully saturated rings. The van der Waals surface area contributed by atoms with Gasteiger partial charge in [0.05, 0.1) is 5.92 Å². The Kier molecular flexibility index (Phi) is 4.72. The number of likely N-dealkylation sites (tertiary alicyclic amines) is 1.